The molecule has 106 valence electrons. The van der Waals surface area contributed by atoms with Gasteiger partial charge in [-0.25, -0.2) is 0 Å². The Bertz CT molecular complexity index is 400. The van der Waals surface area contributed by atoms with Crippen LogP contribution in [0, 0.1) is 6.92 Å². The van der Waals surface area contributed by atoms with E-state index >= 15 is 0 Å². The molecule has 1 aliphatic carbocycles. The highest BCUT2D eigenvalue weighted by Crippen LogP contribution is 2.26. The van der Waals surface area contributed by atoms with Crippen molar-refractivity contribution in [1.29, 1.82) is 0 Å². The van der Waals surface area contributed by atoms with E-state index in [-0.39, 0.29) is 0 Å². The largest absolute Gasteiger partial charge is 0.295 e. The van der Waals surface area contributed by atoms with Gasteiger partial charge in [0.15, 0.2) is 0 Å². The standard InChI is InChI=1S/C16H23Cl2N/c1-13-7-8-14(16(18)11-13)12-19(10-9-17)15-5-3-2-4-6-15/h7-8,11,15H,2-6,9-10,12H2,1H3. The average molecular weight is 300 g/mol. The van der Waals surface area contributed by atoms with Crippen molar-refractivity contribution < 1.29 is 0 Å². The third kappa shape index (κ3) is 4.37. The molecule has 0 heterocycles. The molecule has 1 aromatic rings. The van der Waals surface area contributed by atoms with E-state index in [9.17, 15) is 0 Å². The number of hydrogen-bond acceptors (Lipinski definition) is 1. The van der Waals surface area contributed by atoms with Crippen LogP contribution in [0.2, 0.25) is 5.02 Å². The van der Waals surface area contributed by atoms with Crippen LogP contribution in [0.4, 0.5) is 0 Å². The summed E-state index contributed by atoms with van der Waals surface area (Å²) < 4.78 is 0. The number of benzene rings is 1. The van der Waals surface area contributed by atoms with Crippen LogP contribution >= 0.6 is 23.2 Å². The van der Waals surface area contributed by atoms with E-state index in [1.165, 1.54) is 43.2 Å². The van der Waals surface area contributed by atoms with Crippen molar-refractivity contribution in [1.82, 2.24) is 4.90 Å². The molecule has 1 saturated carbocycles. The number of rotatable bonds is 5. The first kappa shape index (κ1) is 15.2. The van der Waals surface area contributed by atoms with Crippen molar-refractivity contribution in [2.24, 2.45) is 0 Å². The summed E-state index contributed by atoms with van der Waals surface area (Å²) in [5.41, 5.74) is 2.44. The summed E-state index contributed by atoms with van der Waals surface area (Å²) in [5, 5.41) is 0.885. The molecular weight excluding hydrogens is 277 g/mol. The number of nitrogens with zero attached hydrogens (tertiary/aromatic N) is 1. The van der Waals surface area contributed by atoms with Gasteiger partial charge in [-0.2, -0.15) is 0 Å². The monoisotopic (exact) mass is 299 g/mol. The fraction of sp³-hybridized carbons (Fsp3) is 0.625. The van der Waals surface area contributed by atoms with Gasteiger partial charge < -0.3 is 0 Å². The van der Waals surface area contributed by atoms with Gasteiger partial charge in [-0.05, 0) is 37.0 Å². The van der Waals surface area contributed by atoms with E-state index in [4.69, 9.17) is 23.2 Å². The Hall–Kier alpha value is -0.240. The topological polar surface area (TPSA) is 3.24 Å². The van der Waals surface area contributed by atoms with E-state index in [1.807, 2.05) is 0 Å². The van der Waals surface area contributed by atoms with Crippen LogP contribution in [0.1, 0.15) is 43.2 Å². The average Bonchev–Trinajstić information content (AvgIpc) is 2.42. The van der Waals surface area contributed by atoms with Gasteiger partial charge in [-0.3, -0.25) is 4.90 Å². The zero-order valence-electron chi connectivity index (χ0n) is 11.7. The fourth-order valence-corrected chi connectivity index (χ4v) is 3.46. The van der Waals surface area contributed by atoms with Gasteiger partial charge in [0, 0.05) is 30.0 Å². The molecule has 1 fully saturated rings. The van der Waals surface area contributed by atoms with Crippen LogP contribution in [-0.4, -0.2) is 23.4 Å². The third-order valence-electron chi connectivity index (χ3n) is 4.04. The molecule has 0 unspecified atom stereocenters. The van der Waals surface area contributed by atoms with E-state index < -0.39 is 0 Å². The van der Waals surface area contributed by atoms with E-state index in [0.717, 1.165) is 18.1 Å². The maximum absolute atomic E-state index is 6.35. The maximum Gasteiger partial charge on any atom is 0.0453 e. The van der Waals surface area contributed by atoms with Crippen LogP contribution in [0.5, 0.6) is 0 Å². The Labute approximate surface area is 126 Å². The molecule has 0 bridgehead atoms. The molecule has 2 rings (SSSR count). The van der Waals surface area contributed by atoms with Crippen molar-refractivity contribution in [3.05, 3.63) is 34.3 Å². The van der Waals surface area contributed by atoms with E-state index in [2.05, 4.69) is 30.0 Å². The summed E-state index contributed by atoms with van der Waals surface area (Å²) in [4.78, 5) is 2.52. The molecule has 0 saturated heterocycles. The Balaban J connectivity index is 2.06. The lowest BCUT2D eigenvalue weighted by atomic mass is 9.94. The lowest BCUT2D eigenvalue weighted by Gasteiger charge is -2.34. The molecule has 3 heteroatoms. The molecule has 0 aromatic heterocycles. The number of alkyl halides is 1. The smallest absolute Gasteiger partial charge is 0.0453 e. The first-order valence-corrected chi connectivity index (χ1v) is 8.17. The zero-order chi connectivity index (χ0) is 13.7. The molecule has 19 heavy (non-hydrogen) atoms. The van der Waals surface area contributed by atoms with Crippen molar-refractivity contribution in [3.8, 4) is 0 Å². The molecule has 1 nitrogen and oxygen atoms in total. The van der Waals surface area contributed by atoms with Crippen molar-refractivity contribution in [2.45, 2.75) is 51.6 Å². The van der Waals surface area contributed by atoms with Crippen LogP contribution in [0.25, 0.3) is 0 Å². The Morgan fingerprint density at radius 3 is 2.58 bits per heavy atom. The SMILES string of the molecule is Cc1ccc(CN(CCCl)C2CCCCC2)c(Cl)c1. The summed E-state index contributed by atoms with van der Waals surface area (Å²) in [5.74, 6) is 0.694. The summed E-state index contributed by atoms with van der Waals surface area (Å²) >= 11 is 12.3. The second-order valence-corrected chi connectivity index (χ2v) is 6.33. The summed E-state index contributed by atoms with van der Waals surface area (Å²) in [6, 6.07) is 7.03. The molecule has 0 amide bonds. The zero-order valence-corrected chi connectivity index (χ0v) is 13.2. The van der Waals surface area contributed by atoms with Crippen molar-refractivity contribution in [3.63, 3.8) is 0 Å². The van der Waals surface area contributed by atoms with Gasteiger partial charge in [0.25, 0.3) is 0 Å². The third-order valence-corrected chi connectivity index (χ3v) is 4.57. The molecule has 0 spiro atoms. The highest BCUT2D eigenvalue weighted by molar-refractivity contribution is 6.31. The van der Waals surface area contributed by atoms with Gasteiger partial charge in [-0.15, -0.1) is 11.6 Å². The van der Waals surface area contributed by atoms with Crippen molar-refractivity contribution in [2.75, 3.05) is 12.4 Å². The summed E-state index contributed by atoms with van der Waals surface area (Å²) in [6.07, 6.45) is 6.70. The second-order valence-electron chi connectivity index (χ2n) is 5.55. The minimum atomic E-state index is 0.685. The molecule has 1 aromatic carbocycles. The summed E-state index contributed by atoms with van der Waals surface area (Å²) in [7, 11) is 0. The van der Waals surface area contributed by atoms with Gasteiger partial charge in [0.2, 0.25) is 0 Å². The lowest BCUT2D eigenvalue weighted by molar-refractivity contribution is 0.157. The van der Waals surface area contributed by atoms with Gasteiger partial charge in [-0.1, -0.05) is 43.0 Å². The first-order valence-electron chi connectivity index (χ1n) is 7.25. The van der Waals surface area contributed by atoms with Crippen LogP contribution in [0.15, 0.2) is 18.2 Å². The second kappa shape index (κ2) is 7.52. The lowest BCUT2D eigenvalue weighted by Crippen LogP contribution is -2.37. The highest BCUT2D eigenvalue weighted by Gasteiger charge is 2.21. The molecule has 0 atom stereocenters. The fourth-order valence-electron chi connectivity index (χ4n) is 2.94. The minimum Gasteiger partial charge on any atom is -0.295 e. The van der Waals surface area contributed by atoms with Gasteiger partial charge in [0.1, 0.15) is 0 Å². The van der Waals surface area contributed by atoms with Crippen LogP contribution in [0.3, 0.4) is 0 Å². The quantitative estimate of drug-likeness (QED) is 0.690. The summed E-state index contributed by atoms with van der Waals surface area (Å²) in [6.45, 7) is 3.96. The number of hydrogen-bond donors (Lipinski definition) is 0. The maximum atomic E-state index is 6.35. The molecule has 1 aliphatic rings. The molecule has 0 radical (unpaired) electrons. The van der Waals surface area contributed by atoms with Crippen molar-refractivity contribution >= 4 is 23.2 Å². The van der Waals surface area contributed by atoms with Gasteiger partial charge >= 0.3 is 0 Å². The minimum absolute atomic E-state index is 0.685. The predicted molar refractivity (Wildman–Crippen MR) is 84.2 cm³/mol. The molecular formula is C16H23Cl2N. The Morgan fingerprint density at radius 2 is 1.95 bits per heavy atom. The van der Waals surface area contributed by atoms with E-state index in [1.54, 1.807) is 0 Å². The van der Waals surface area contributed by atoms with Crippen LogP contribution in [-0.2, 0) is 6.54 Å². The number of aryl methyl sites for hydroxylation is 1. The highest BCUT2D eigenvalue weighted by atomic mass is 35.5. The molecule has 0 aliphatic heterocycles. The van der Waals surface area contributed by atoms with Crippen LogP contribution < -0.4 is 0 Å². The van der Waals surface area contributed by atoms with Gasteiger partial charge in [0.05, 0.1) is 0 Å². The molecule has 0 N–H and O–H groups in total. The number of halogens is 2. The Kier molecular flexibility index (Phi) is 6.00. The normalized spacial score (nSPS) is 17.1. The predicted octanol–water partition coefficient (Wildman–Crippen LogP) is 5.02. The van der Waals surface area contributed by atoms with E-state index in [0.29, 0.717) is 11.9 Å². The Morgan fingerprint density at radius 1 is 1.21 bits per heavy atom. The first-order chi connectivity index (χ1) is 9.20.